The van der Waals surface area contributed by atoms with Crippen LogP contribution in [0.4, 0.5) is 4.39 Å². The highest BCUT2D eigenvalue weighted by atomic mass is 35.5. The largest absolute Gasteiger partial charge is 0.490 e. The number of likely N-dealkylation sites (N-methyl/N-ethyl adjacent to an activating group) is 1. The van der Waals surface area contributed by atoms with E-state index in [4.69, 9.17) is 33.7 Å². The number of fused-ring (bicyclic) bond motifs is 2. The minimum atomic E-state index is -1.22. The van der Waals surface area contributed by atoms with Crippen LogP contribution in [0, 0.1) is 5.82 Å². The second-order valence-corrected chi connectivity index (χ2v) is 9.21. The molecule has 0 bridgehead atoms. The summed E-state index contributed by atoms with van der Waals surface area (Å²) in [5, 5.41) is 0.921. The van der Waals surface area contributed by atoms with Crippen LogP contribution >= 0.6 is 23.2 Å². The number of rotatable bonds is 3. The minimum absolute atomic E-state index is 0.147. The Hall–Kier alpha value is -3.09. The average Bonchev–Trinajstić information content (AvgIpc) is 2.97. The standard InChI is InChI=1S/C25H20Cl2FN3O2/c1-31-23(32)25(30-24(31)29)13-20(8-14-3-2-4-17(26)7-14)33-22-6-5-15(11-21(22)25)16-9-18(27)12-19(28)10-16/h2-7,9-12,20H,8,13H2,1H3,(H2,29,30)/t20?,25-/m1/s1. The van der Waals surface area contributed by atoms with E-state index >= 15 is 0 Å². The molecule has 0 aromatic heterocycles. The Morgan fingerprint density at radius 2 is 1.94 bits per heavy atom. The van der Waals surface area contributed by atoms with Crippen LogP contribution in [0.3, 0.4) is 0 Å². The molecule has 3 aromatic rings. The van der Waals surface area contributed by atoms with E-state index in [1.54, 1.807) is 19.2 Å². The summed E-state index contributed by atoms with van der Waals surface area (Å²) in [5.41, 5.74) is 7.73. The Morgan fingerprint density at radius 3 is 2.64 bits per heavy atom. The van der Waals surface area contributed by atoms with Gasteiger partial charge in [-0.3, -0.25) is 9.69 Å². The summed E-state index contributed by atoms with van der Waals surface area (Å²) in [4.78, 5) is 19.4. The number of hydrogen-bond acceptors (Lipinski definition) is 4. The van der Waals surface area contributed by atoms with Gasteiger partial charge in [0, 0.05) is 35.5 Å². The van der Waals surface area contributed by atoms with Gasteiger partial charge in [0.05, 0.1) is 0 Å². The van der Waals surface area contributed by atoms with Crippen LogP contribution in [0.15, 0.2) is 65.7 Å². The first kappa shape index (κ1) is 21.7. The molecule has 5 rings (SSSR count). The van der Waals surface area contributed by atoms with Gasteiger partial charge in [-0.15, -0.1) is 0 Å². The van der Waals surface area contributed by atoms with E-state index in [2.05, 4.69) is 4.99 Å². The number of amides is 1. The van der Waals surface area contributed by atoms with Gasteiger partial charge in [0.15, 0.2) is 11.5 Å². The average molecular weight is 484 g/mol. The van der Waals surface area contributed by atoms with E-state index in [0.717, 1.165) is 5.56 Å². The van der Waals surface area contributed by atoms with Crippen molar-refractivity contribution in [3.8, 4) is 16.9 Å². The van der Waals surface area contributed by atoms with Crippen LogP contribution in [0.1, 0.15) is 17.5 Å². The molecule has 8 heteroatoms. The highest BCUT2D eigenvalue weighted by Gasteiger charge is 2.53. The predicted octanol–water partition coefficient (Wildman–Crippen LogP) is 5.18. The molecule has 2 N–H and O–H groups in total. The molecule has 0 saturated heterocycles. The molecule has 2 aliphatic rings. The van der Waals surface area contributed by atoms with E-state index < -0.39 is 11.4 Å². The lowest BCUT2D eigenvalue weighted by atomic mass is 9.79. The number of benzene rings is 3. The summed E-state index contributed by atoms with van der Waals surface area (Å²) in [6.45, 7) is 0. The van der Waals surface area contributed by atoms with Crippen LogP contribution in [-0.4, -0.2) is 29.9 Å². The van der Waals surface area contributed by atoms with Crippen molar-refractivity contribution in [1.82, 2.24) is 4.90 Å². The van der Waals surface area contributed by atoms with Crippen molar-refractivity contribution < 1.29 is 13.9 Å². The molecule has 3 aromatic carbocycles. The zero-order valence-electron chi connectivity index (χ0n) is 17.7. The molecule has 1 spiro atoms. The topological polar surface area (TPSA) is 67.9 Å². The molecule has 2 atom stereocenters. The molecule has 1 amide bonds. The molecule has 2 heterocycles. The fraction of sp³-hybridized carbons (Fsp3) is 0.200. The van der Waals surface area contributed by atoms with Gasteiger partial charge in [-0.05, 0) is 59.2 Å². The fourth-order valence-corrected chi connectivity index (χ4v) is 5.00. The lowest BCUT2D eigenvalue weighted by molar-refractivity contribution is -0.132. The zero-order chi connectivity index (χ0) is 23.3. The fourth-order valence-electron chi connectivity index (χ4n) is 4.57. The maximum atomic E-state index is 14.0. The number of nitrogens with zero attached hydrogens (tertiary/aromatic N) is 2. The second-order valence-electron chi connectivity index (χ2n) is 8.34. The van der Waals surface area contributed by atoms with Crippen LogP contribution in [-0.2, 0) is 16.8 Å². The third-order valence-corrected chi connectivity index (χ3v) is 6.55. The number of nitrogens with two attached hydrogens (primary N) is 1. The van der Waals surface area contributed by atoms with Crippen LogP contribution < -0.4 is 10.5 Å². The Balaban J connectivity index is 1.60. The summed E-state index contributed by atoms with van der Waals surface area (Å²) in [5.74, 6) is 0.0186. The van der Waals surface area contributed by atoms with Crippen molar-refractivity contribution in [2.75, 3.05) is 7.05 Å². The van der Waals surface area contributed by atoms with Crippen LogP contribution in [0.5, 0.6) is 5.75 Å². The number of aliphatic imine (C=N–C) groups is 1. The highest BCUT2D eigenvalue weighted by Crippen LogP contribution is 2.47. The molecular formula is C25H20Cl2FN3O2. The van der Waals surface area contributed by atoms with Crippen molar-refractivity contribution in [2.24, 2.45) is 10.7 Å². The Labute approximate surface area is 200 Å². The number of ether oxygens (including phenoxy) is 1. The molecule has 33 heavy (non-hydrogen) atoms. The molecular weight excluding hydrogens is 464 g/mol. The summed E-state index contributed by atoms with van der Waals surface area (Å²) in [7, 11) is 1.60. The number of halogens is 3. The SMILES string of the molecule is CN1C(=O)[C@]2(CC(Cc3cccc(Cl)c3)Oc3ccc(-c4cc(F)cc(Cl)c4)cc32)N=C1N. The molecule has 0 radical (unpaired) electrons. The number of guanidine groups is 1. The van der Waals surface area contributed by atoms with Gasteiger partial charge < -0.3 is 10.5 Å². The van der Waals surface area contributed by atoms with Gasteiger partial charge in [0.25, 0.3) is 5.91 Å². The van der Waals surface area contributed by atoms with Gasteiger partial charge in [-0.25, -0.2) is 9.38 Å². The second kappa shape index (κ2) is 8.04. The van der Waals surface area contributed by atoms with E-state index in [0.29, 0.717) is 40.3 Å². The molecule has 0 fully saturated rings. The van der Waals surface area contributed by atoms with E-state index in [-0.39, 0.29) is 23.0 Å². The summed E-state index contributed by atoms with van der Waals surface area (Å²) in [6, 6.07) is 17.3. The highest BCUT2D eigenvalue weighted by molar-refractivity contribution is 6.31. The molecule has 0 aliphatic carbocycles. The number of carbonyl (C=O) groups excluding carboxylic acids is 1. The number of carbonyl (C=O) groups is 1. The lowest BCUT2D eigenvalue weighted by Gasteiger charge is -2.37. The maximum absolute atomic E-state index is 14.0. The van der Waals surface area contributed by atoms with E-state index in [1.807, 2.05) is 36.4 Å². The third kappa shape index (κ3) is 3.83. The Bertz CT molecular complexity index is 1290. The first-order valence-electron chi connectivity index (χ1n) is 10.4. The summed E-state index contributed by atoms with van der Waals surface area (Å²) in [6.07, 6.45) is 0.538. The van der Waals surface area contributed by atoms with Crippen molar-refractivity contribution >= 4 is 35.1 Å². The molecule has 0 saturated carbocycles. The Morgan fingerprint density at radius 1 is 1.12 bits per heavy atom. The van der Waals surface area contributed by atoms with Gasteiger partial charge in [0.2, 0.25) is 0 Å². The molecule has 1 unspecified atom stereocenters. The predicted molar refractivity (Wildman–Crippen MR) is 127 cm³/mol. The quantitative estimate of drug-likeness (QED) is 0.558. The van der Waals surface area contributed by atoms with Gasteiger partial charge in [0.1, 0.15) is 17.7 Å². The van der Waals surface area contributed by atoms with E-state index in [1.165, 1.54) is 17.0 Å². The van der Waals surface area contributed by atoms with Crippen molar-refractivity contribution in [1.29, 1.82) is 0 Å². The molecule has 168 valence electrons. The normalized spacial score (nSPS) is 21.7. The summed E-state index contributed by atoms with van der Waals surface area (Å²) >= 11 is 12.2. The minimum Gasteiger partial charge on any atom is -0.490 e. The Kier molecular flexibility index (Phi) is 5.30. The van der Waals surface area contributed by atoms with Crippen LogP contribution in [0.2, 0.25) is 10.0 Å². The maximum Gasteiger partial charge on any atom is 0.261 e. The van der Waals surface area contributed by atoms with Gasteiger partial charge in [-0.1, -0.05) is 41.4 Å². The van der Waals surface area contributed by atoms with Crippen molar-refractivity contribution in [3.05, 3.63) is 87.7 Å². The zero-order valence-corrected chi connectivity index (χ0v) is 19.2. The molecule has 5 nitrogen and oxygen atoms in total. The van der Waals surface area contributed by atoms with Gasteiger partial charge >= 0.3 is 0 Å². The van der Waals surface area contributed by atoms with Crippen molar-refractivity contribution in [2.45, 2.75) is 24.5 Å². The van der Waals surface area contributed by atoms with E-state index in [9.17, 15) is 9.18 Å². The first-order chi connectivity index (χ1) is 15.7. The first-order valence-corrected chi connectivity index (χ1v) is 11.2. The lowest BCUT2D eigenvalue weighted by Crippen LogP contribution is -2.46. The summed E-state index contributed by atoms with van der Waals surface area (Å²) < 4.78 is 20.3. The molecule has 2 aliphatic heterocycles. The van der Waals surface area contributed by atoms with Crippen LogP contribution in [0.25, 0.3) is 11.1 Å². The van der Waals surface area contributed by atoms with Crippen molar-refractivity contribution in [3.63, 3.8) is 0 Å². The smallest absolute Gasteiger partial charge is 0.261 e. The monoisotopic (exact) mass is 483 g/mol. The van der Waals surface area contributed by atoms with Gasteiger partial charge in [-0.2, -0.15) is 0 Å². The number of hydrogen-bond donors (Lipinski definition) is 1. The third-order valence-electron chi connectivity index (χ3n) is 6.10.